The van der Waals surface area contributed by atoms with E-state index in [1.165, 1.54) is 0 Å². The number of hydrazone groups is 1. The lowest BCUT2D eigenvalue weighted by Crippen LogP contribution is -2.19. The minimum Gasteiger partial charge on any atom is -0.493 e. The highest BCUT2D eigenvalue weighted by Crippen LogP contribution is 2.27. The molecular weight excluding hydrogens is 316 g/mol. The van der Waals surface area contributed by atoms with Gasteiger partial charge in [-0.2, -0.15) is 5.10 Å². The smallest absolute Gasteiger partial charge is 0.272 e. The molecule has 0 saturated heterocycles. The van der Waals surface area contributed by atoms with E-state index in [0.717, 1.165) is 5.56 Å². The maximum atomic E-state index is 12.1. The third kappa shape index (κ3) is 4.02. The summed E-state index contributed by atoms with van der Waals surface area (Å²) in [5.74, 6) is 0.858. The second kappa shape index (κ2) is 7.65. The van der Waals surface area contributed by atoms with Crippen molar-refractivity contribution < 1.29 is 14.3 Å². The van der Waals surface area contributed by atoms with Crippen LogP contribution in [0.3, 0.4) is 0 Å². The van der Waals surface area contributed by atoms with Crippen molar-refractivity contribution in [2.45, 2.75) is 6.92 Å². The van der Waals surface area contributed by atoms with Crippen molar-refractivity contribution >= 4 is 23.2 Å². The Kier molecular flexibility index (Phi) is 5.60. The Hall–Kier alpha value is -2.53. The van der Waals surface area contributed by atoms with Crippen LogP contribution in [0.15, 0.2) is 47.6 Å². The molecule has 0 spiro atoms. The van der Waals surface area contributed by atoms with E-state index in [0.29, 0.717) is 27.8 Å². The summed E-state index contributed by atoms with van der Waals surface area (Å²) in [6.07, 6.45) is 0. The van der Waals surface area contributed by atoms with Gasteiger partial charge in [0.05, 0.1) is 30.5 Å². The summed E-state index contributed by atoms with van der Waals surface area (Å²) >= 11 is 5.98. The zero-order valence-corrected chi connectivity index (χ0v) is 13.8. The largest absolute Gasteiger partial charge is 0.493 e. The molecule has 0 unspecified atom stereocenters. The molecule has 2 rings (SSSR count). The molecule has 120 valence electrons. The third-order valence-corrected chi connectivity index (χ3v) is 3.57. The van der Waals surface area contributed by atoms with Gasteiger partial charge in [0.15, 0.2) is 11.5 Å². The van der Waals surface area contributed by atoms with Crippen LogP contribution in [0, 0.1) is 0 Å². The number of ether oxygens (including phenoxy) is 2. The first kappa shape index (κ1) is 16.8. The maximum Gasteiger partial charge on any atom is 0.272 e. The predicted molar refractivity (Wildman–Crippen MR) is 90.7 cm³/mol. The average molecular weight is 333 g/mol. The summed E-state index contributed by atoms with van der Waals surface area (Å²) in [5, 5.41) is 4.48. The Morgan fingerprint density at radius 2 is 1.78 bits per heavy atom. The number of amides is 1. The summed E-state index contributed by atoms with van der Waals surface area (Å²) in [4.78, 5) is 12.1. The van der Waals surface area contributed by atoms with Crippen LogP contribution in [-0.2, 0) is 0 Å². The Balaban J connectivity index is 2.17. The highest BCUT2D eigenvalue weighted by Gasteiger charge is 2.10. The van der Waals surface area contributed by atoms with Gasteiger partial charge in [0.2, 0.25) is 0 Å². The van der Waals surface area contributed by atoms with Crippen LogP contribution in [0.4, 0.5) is 0 Å². The molecule has 5 nitrogen and oxygen atoms in total. The molecule has 2 aromatic rings. The standard InChI is InChI=1S/C17H17ClN2O3/c1-11(12-8-9-15(22-2)16(10-12)23-3)19-20-17(21)13-6-4-5-7-14(13)18/h4-10H,1-3H3,(H,20,21)/b19-11-. The third-order valence-electron chi connectivity index (χ3n) is 3.24. The molecule has 1 amide bonds. The van der Waals surface area contributed by atoms with Crippen molar-refractivity contribution in [3.05, 3.63) is 58.6 Å². The van der Waals surface area contributed by atoms with E-state index in [2.05, 4.69) is 10.5 Å². The van der Waals surface area contributed by atoms with Crippen LogP contribution in [0.5, 0.6) is 11.5 Å². The van der Waals surface area contributed by atoms with Crippen LogP contribution in [-0.4, -0.2) is 25.8 Å². The van der Waals surface area contributed by atoms with Crippen molar-refractivity contribution in [3.8, 4) is 11.5 Å². The normalized spacial score (nSPS) is 11.0. The van der Waals surface area contributed by atoms with Gasteiger partial charge in [-0.25, -0.2) is 5.43 Å². The summed E-state index contributed by atoms with van der Waals surface area (Å²) in [6.45, 7) is 1.79. The lowest BCUT2D eigenvalue weighted by atomic mass is 10.1. The first-order valence-corrected chi connectivity index (χ1v) is 7.26. The molecule has 0 atom stereocenters. The van der Waals surface area contributed by atoms with E-state index >= 15 is 0 Å². The molecule has 23 heavy (non-hydrogen) atoms. The second-order valence-corrected chi connectivity index (χ2v) is 5.09. The lowest BCUT2D eigenvalue weighted by Gasteiger charge is -2.09. The Morgan fingerprint density at radius 3 is 2.43 bits per heavy atom. The van der Waals surface area contributed by atoms with Gasteiger partial charge >= 0.3 is 0 Å². The number of carbonyl (C=O) groups is 1. The van der Waals surface area contributed by atoms with Gasteiger partial charge in [0, 0.05) is 5.56 Å². The number of hydrogen-bond acceptors (Lipinski definition) is 4. The summed E-state index contributed by atoms with van der Waals surface area (Å²) in [7, 11) is 3.13. The van der Waals surface area contributed by atoms with E-state index in [-0.39, 0.29) is 5.91 Å². The van der Waals surface area contributed by atoms with Crippen LogP contribution in [0.25, 0.3) is 0 Å². The first-order valence-electron chi connectivity index (χ1n) is 6.88. The van der Waals surface area contributed by atoms with Crippen LogP contribution < -0.4 is 14.9 Å². The number of methoxy groups -OCH3 is 2. The zero-order valence-electron chi connectivity index (χ0n) is 13.1. The molecule has 0 aliphatic carbocycles. The monoisotopic (exact) mass is 332 g/mol. The quantitative estimate of drug-likeness (QED) is 0.673. The molecule has 0 fully saturated rings. The predicted octanol–water partition coefficient (Wildman–Crippen LogP) is 3.51. The van der Waals surface area contributed by atoms with Gasteiger partial charge < -0.3 is 9.47 Å². The molecule has 0 saturated carbocycles. The molecule has 6 heteroatoms. The Bertz CT molecular complexity index is 744. The molecule has 1 N–H and O–H groups in total. The van der Waals surface area contributed by atoms with Crippen molar-refractivity contribution in [1.29, 1.82) is 0 Å². The highest BCUT2D eigenvalue weighted by molar-refractivity contribution is 6.33. The average Bonchev–Trinajstić information content (AvgIpc) is 2.59. The van der Waals surface area contributed by atoms with Gasteiger partial charge in [-0.15, -0.1) is 0 Å². The van der Waals surface area contributed by atoms with E-state index < -0.39 is 0 Å². The molecule has 0 heterocycles. The van der Waals surface area contributed by atoms with E-state index in [1.807, 2.05) is 6.07 Å². The molecule has 0 aliphatic heterocycles. The summed E-state index contributed by atoms with van der Waals surface area (Å²) in [6, 6.07) is 12.2. The number of nitrogens with one attached hydrogen (secondary N) is 1. The van der Waals surface area contributed by atoms with Crippen molar-refractivity contribution in [2.24, 2.45) is 5.10 Å². The second-order valence-electron chi connectivity index (χ2n) is 4.69. The molecular formula is C17H17ClN2O3. The number of nitrogens with zero attached hydrogens (tertiary/aromatic N) is 1. The highest BCUT2D eigenvalue weighted by atomic mass is 35.5. The van der Waals surface area contributed by atoms with Crippen molar-refractivity contribution in [1.82, 2.24) is 5.43 Å². The van der Waals surface area contributed by atoms with Crippen LogP contribution in [0.1, 0.15) is 22.8 Å². The van der Waals surface area contributed by atoms with Gasteiger partial charge in [0.25, 0.3) is 5.91 Å². The minimum absolute atomic E-state index is 0.365. The maximum absolute atomic E-state index is 12.1. The SMILES string of the molecule is COc1ccc(/C(C)=N\NC(=O)c2ccccc2Cl)cc1OC. The summed E-state index contributed by atoms with van der Waals surface area (Å²) < 4.78 is 10.4. The Morgan fingerprint density at radius 1 is 1.09 bits per heavy atom. The molecule has 0 radical (unpaired) electrons. The molecule has 0 aromatic heterocycles. The number of rotatable bonds is 5. The molecule has 0 aliphatic rings. The molecule has 0 bridgehead atoms. The minimum atomic E-state index is -0.365. The summed E-state index contributed by atoms with van der Waals surface area (Å²) in [5.41, 5.74) is 4.31. The number of hydrogen-bond donors (Lipinski definition) is 1. The molecule has 2 aromatic carbocycles. The van der Waals surface area contributed by atoms with E-state index in [4.69, 9.17) is 21.1 Å². The van der Waals surface area contributed by atoms with Gasteiger partial charge in [-0.1, -0.05) is 23.7 Å². The fourth-order valence-electron chi connectivity index (χ4n) is 1.97. The topological polar surface area (TPSA) is 59.9 Å². The van der Waals surface area contributed by atoms with E-state index in [1.54, 1.807) is 57.5 Å². The number of benzene rings is 2. The lowest BCUT2D eigenvalue weighted by molar-refractivity contribution is 0.0955. The van der Waals surface area contributed by atoms with Crippen LogP contribution in [0.2, 0.25) is 5.02 Å². The fourth-order valence-corrected chi connectivity index (χ4v) is 2.19. The number of halogens is 1. The van der Waals surface area contributed by atoms with Crippen LogP contribution >= 0.6 is 11.6 Å². The van der Waals surface area contributed by atoms with Crippen molar-refractivity contribution in [3.63, 3.8) is 0 Å². The van der Waals surface area contributed by atoms with Gasteiger partial charge in [0.1, 0.15) is 0 Å². The van der Waals surface area contributed by atoms with Crippen molar-refractivity contribution in [2.75, 3.05) is 14.2 Å². The fraction of sp³-hybridized carbons (Fsp3) is 0.176. The van der Waals surface area contributed by atoms with E-state index in [9.17, 15) is 4.79 Å². The first-order chi connectivity index (χ1) is 11.1. The zero-order chi connectivity index (χ0) is 16.8. The van der Waals surface area contributed by atoms with Gasteiger partial charge in [-0.3, -0.25) is 4.79 Å². The number of carbonyl (C=O) groups excluding carboxylic acids is 1. The van der Waals surface area contributed by atoms with Gasteiger partial charge in [-0.05, 0) is 37.3 Å². The Labute approximate surface area is 139 Å².